The van der Waals surface area contributed by atoms with Crippen molar-refractivity contribution in [1.82, 2.24) is 19.3 Å². The molecule has 0 aliphatic carbocycles. The van der Waals surface area contributed by atoms with Gasteiger partial charge in [0, 0.05) is 48.4 Å². The SMILES string of the molecule is CCCn1cc(-n2ccc(-c3cnc(CC4COC4)cc3Cl)n2)ccc1=O. The lowest BCUT2D eigenvalue weighted by Gasteiger charge is -2.25. The third-order valence-corrected chi connectivity index (χ3v) is 4.99. The number of hydrogen-bond acceptors (Lipinski definition) is 4. The summed E-state index contributed by atoms with van der Waals surface area (Å²) in [6, 6.07) is 7.15. The average molecular weight is 385 g/mol. The van der Waals surface area contributed by atoms with Crippen LogP contribution in [-0.4, -0.2) is 32.5 Å². The molecule has 1 saturated heterocycles. The number of pyridine rings is 2. The summed E-state index contributed by atoms with van der Waals surface area (Å²) in [5, 5.41) is 5.26. The highest BCUT2D eigenvalue weighted by molar-refractivity contribution is 6.33. The van der Waals surface area contributed by atoms with Gasteiger partial charge in [-0.2, -0.15) is 5.10 Å². The Kier molecular flexibility index (Phi) is 5.09. The van der Waals surface area contributed by atoms with Gasteiger partial charge in [-0.05, 0) is 31.0 Å². The second-order valence-electron chi connectivity index (χ2n) is 6.83. The summed E-state index contributed by atoms with van der Waals surface area (Å²) < 4.78 is 8.66. The van der Waals surface area contributed by atoms with E-state index in [-0.39, 0.29) is 5.56 Å². The van der Waals surface area contributed by atoms with E-state index in [1.165, 1.54) is 0 Å². The van der Waals surface area contributed by atoms with Crippen LogP contribution in [-0.2, 0) is 17.7 Å². The summed E-state index contributed by atoms with van der Waals surface area (Å²) in [6.07, 6.45) is 7.25. The monoisotopic (exact) mass is 384 g/mol. The molecule has 0 spiro atoms. The summed E-state index contributed by atoms with van der Waals surface area (Å²) in [4.78, 5) is 16.4. The lowest BCUT2D eigenvalue weighted by atomic mass is 10.0. The van der Waals surface area contributed by atoms with Gasteiger partial charge in [-0.25, -0.2) is 4.68 Å². The molecule has 3 aromatic heterocycles. The molecule has 1 fully saturated rings. The molecule has 0 bridgehead atoms. The first-order valence-electron chi connectivity index (χ1n) is 9.13. The largest absolute Gasteiger partial charge is 0.381 e. The molecular formula is C20H21ClN4O2. The molecular weight excluding hydrogens is 364 g/mol. The minimum absolute atomic E-state index is 0.00678. The molecule has 3 aromatic rings. The number of rotatable bonds is 6. The Balaban J connectivity index is 1.59. The number of aryl methyl sites for hydroxylation is 1. The number of halogens is 1. The smallest absolute Gasteiger partial charge is 0.250 e. The third-order valence-electron chi connectivity index (χ3n) is 4.68. The van der Waals surface area contributed by atoms with Gasteiger partial charge in [0.1, 0.15) is 0 Å². The first kappa shape index (κ1) is 17.9. The highest BCUT2D eigenvalue weighted by atomic mass is 35.5. The summed E-state index contributed by atoms with van der Waals surface area (Å²) in [6.45, 7) is 4.32. The number of ether oxygens (including phenoxy) is 1. The average Bonchev–Trinajstić information content (AvgIpc) is 3.10. The first-order valence-corrected chi connectivity index (χ1v) is 9.51. The van der Waals surface area contributed by atoms with Crippen LogP contribution in [0.1, 0.15) is 19.0 Å². The van der Waals surface area contributed by atoms with Gasteiger partial charge in [0.25, 0.3) is 5.56 Å². The molecule has 0 amide bonds. The molecule has 4 rings (SSSR count). The fraction of sp³-hybridized carbons (Fsp3) is 0.350. The quantitative estimate of drug-likeness (QED) is 0.653. The Bertz CT molecular complexity index is 1010. The van der Waals surface area contributed by atoms with Crippen molar-refractivity contribution < 1.29 is 4.74 Å². The number of nitrogens with zero attached hydrogens (tertiary/aromatic N) is 4. The second kappa shape index (κ2) is 7.66. The number of hydrogen-bond donors (Lipinski definition) is 0. The van der Waals surface area contributed by atoms with Crippen molar-refractivity contribution in [3.8, 4) is 16.9 Å². The van der Waals surface area contributed by atoms with Gasteiger partial charge in [0.2, 0.25) is 0 Å². The summed E-state index contributed by atoms with van der Waals surface area (Å²) in [5.41, 5.74) is 3.35. The van der Waals surface area contributed by atoms with E-state index in [9.17, 15) is 4.79 Å². The predicted octanol–water partition coefficient (Wildman–Crippen LogP) is 3.35. The molecule has 0 aromatic carbocycles. The molecule has 0 atom stereocenters. The van der Waals surface area contributed by atoms with Gasteiger partial charge in [-0.1, -0.05) is 18.5 Å². The zero-order valence-corrected chi connectivity index (χ0v) is 15.9. The molecule has 0 unspecified atom stereocenters. The maximum absolute atomic E-state index is 11.9. The van der Waals surface area contributed by atoms with E-state index in [0.29, 0.717) is 17.5 Å². The fourth-order valence-corrected chi connectivity index (χ4v) is 3.42. The third kappa shape index (κ3) is 3.82. The van der Waals surface area contributed by atoms with Crippen LogP contribution >= 0.6 is 11.6 Å². The maximum atomic E-state index is 11.9. The van der Waals surface area contributed by atoms with Crippen LogP contribution < -0.4 is 5.56 Å². The summed E-state index contributed by atoms with van der Waals surface area (Å²) in [5.74, 6) is 0.539. The van der Waals surface area contributed by atoms with Gasteiger partial charge in [-0.15, -0.1) is 0 Å². The molecule has 0 N–H and O–H groups in total. The second-order valence-corrected chi connectivity index (χ2v) is 7.23. The first-order chi connectivity index (χ1) is 13.1. The molecule has 6 nitrogen and oxygen atoms in total. The van der Waals surface area contributed by atoms with Crippen LogP contribution in [0.15, 0.2) is 47.7 Å². The fourth-order valence-electron chi connectivity index (χ4n) is 3.15. The highest BCUT2D eigenvalue weighted by Gasteiger charge is 2.20. The molecule has 4 heterocycles. The van der Waals surface area contributed by atoms with Crippen LogP contribution in [0.4, 0.5) is 0 Å². The van der Waals surface area contributed by atoms with Crippen molar-refractivity contribution in [2.45, 2.75) is 26.3 Å². The van der Waals surface area contributed by atoms with Crippen LogP contribution in [0.5, 0.6) is 0 Å². The normalized spacial score (nSPS) is 14.3. The standard InChI is InChI=1S/C20H21ClN4O2/c1-2-6-24-11-16(3-4-20(24)26)25-7-5-19(23-25)17-10-22-15(9-18(17)21)8-14-12-27-13-14/h3-5,7,9-11,14H,2,6,8,12-13H2,1H3. The predicted molar refractivity (Wildman–Crippen MR) is 104 cm³/mol. The molecule has 0 saturated carbocycles. The van der Waals surface area contributed by atoms with Crippen LogP contribution in [0.2, 0.25) is 5.02 Å². The van der Waals surface area contributed by atoms with Gasteiger partial charge in [0.15, 0.2) is 0 Å². The van der Waals surface area contributed by atoms with Crippen molar-refractivity contribution in [1.29, 1.82) is 0 Å². The lowest BCUT2D eigenvalue weighted by molar-refractivity contribution is -0.0316. The Hall–Kier alpha value is -2.44. The Morgan fingerprint density at radius 1 is 1.30 bits per heavy atom. The van der Waals surface area contributed by atoms with E-state index < -0.39 is 0 Å². The minimum atomic E-state index is -0.00678. The van der Waals surface area contributed by atoms with E-state index in [4.69, 9.17) is 16.3 Å². The van der Waals surface area contributed by atoms with Crippen molar-refractivity contribution in [3.63, 3.8) is 0 Å². The van der Waals surface area contributed by atoms with E-state index >= 15 is 0 Å². The molecule has 0 radical (unpaired) electrons. The van der Waals surface area contributed by atoms with E-state index in [2.05, 4.69) is 10.1 Å². The van der Waals surface area contributed by atoms with Crippen molar-refractivity contribution in [2.24, 2.45) is 5.92 Å². The zero-order valence-electron chi connectivity index (χ0n) is 15.1. The van der Waals surface area contributed by atoms with E-state index in [0.717, 1.165) is 48.7 Å². The van der Waals surface area contributed by atoms with Gasteiger partial charge in [0.05, 0.1) is 29.6 Å². The molecule has 7 heteroatoms. The highest BCUT2D eigenvalue weighted by Crippen LogP contribution is 2.28. The number of aromatic nitrogens is 4. The lowest BCUT2D eigenvalue weighted by Crippen LogP contribution is -2.29. The molecule has 27 heavy (non-hydrogen) atoms. The Morgan fingerprint density at radius 3 is 2.85 bits per heavy atom. The van der Waals surface area contributed by atoms with Gasteiger partial charge < -0.3 is 9.30 Å². The molecule has 140 valence electrons. The van der Waals surface area contributed by atoms with Crippen molar-refractivity contribution in [3.05, 3.63) is 63.9 Å². The molecule has 1 aliphatic heterocycles. The van der Waals surface area contributed by atoms with Gasteiger partial charge >= 0.3 is 0 Å². The van der Waals surface area contributed by atoms with E-state index in [1.54, 1.807) is 27.6 Å². The molecule has 1 aliphatic rings. The Morgan fingerprint density at radius 2 is 2.15 bits per heavy atom. The van der Waals surface area contributed by atoms with Crippen LogP contribution in [0.25, 0.3) is 16.9 Å². The van der Waals surface area contributed by atoms with Gasteiger partial charge in [-0.3, -0.25) is 9.78 Å². The van der Waals surface area contributed by atoms with Crippen molar-refractivity contribution in [2.75, 3.05) is 13.2 Å². The Labute approximate surface area is 162 Å². The van der Waals surface area contributed by atoms with E-state index in [1.807, 2.05) is 31.5 Å². The maximum Gasteiger partial charge on any atom is 0.250 e. The van der Waals surface area contributed by atoms with Crippen molar-refractivity contribution >= 4 is 11.6 Å². The summed E-state index contributed by atoms with van der Waals surface area (Å²) in [7, 11) is 0. The van der Waals surface area contributed by atoms with Crippen LogP contribution in [0.3, 0.4) is 0 Å². The zero-order chi connectivity index (χ0) is 18.8. The minimum Gasteiger partial charge on any atom is -0.381 e. The summed E-state index contributed by atoms with van der Waals surface area (Å²) >= 11 is 6.49. The topological polar surface area (TPSA) is 61.9 Å². The van der Waals surface area contributed by atoms with Crippen LogP contribution in [0, 0.1) is 5.92 Å².